The van der Waals surface area contributed by atoms with Crippen LogP contribution in [0.25, 0.3) is 0 Å². The van der Waals surface area contributed by atoms with Crippen molar-refractivity contribution in [3.05, 3.63) is 29.3 Å². The van der Waals surface area contributed by atoms with Crippen LogP contribution >= 0.6 is 0 Å². The minimum absolute atomic E-state index is 0.0496. The normalized spacial score (nSPS) is 26.1. The number of nitrogens with one attached hydrogen (secondary N) is 1. The molecule has 1 aliphatic carbocycles. The molecule has 1 aromatic carbocycles. The highest BCUT2D eigenvalue weighted by molar-refractivity contribution is 5.89. The molecule has 130 valence electrons. The Kier molecular flexibility index (Phi) is 4.40. The van der Waals surface area contributed by atoms with E-state index in [1.807, 2.05) is 0 Å². The zero-order valence-electron chi connectivity index (χ0n) is 13.1. The lowest BCUT2D eigenvalue weighted by molar-refractivity contribution is -0.119. The SMILES string of the molecule is CC(=O)NC[C@H]1CN(c2cc(F)c(C3CC(O)C3)c(F)c2)C(=O)O1. The number of halogens is 2. The number of rotatable bonds is 4. The number of amides is 2. The number of hydrogen-bond donors (Lipinski definition) is 2. The van der Waals surface area contributed by atoms with Gasteiger partial charge in [-0.1, -0.05) is 0 Å². The van der Waals surface area contributed by atoms with Gasteiger partial charge in [-0.05, 0) is 30.9 Å². The van der Waals surface area contributed by atoms with Crippen LogP contribution in [0, 0.1) is 11.6 Å². The molecule has 1 saturated carbocycles. The summed E-state index contributed by atoms with van der Waals surface area (Å²) >= 11 is 0. The van der Waals surface area contributed by atoms with Crippen molar-refractivity contribution in [3.8, 4) is 0 Å². The minimum atomic E-state index is -0.736. The second kappa shape index (κ2) is 6.35. The van der Waals surface area contributed by atoms with Crippen LogP contribution in [0.2, 0.25) is 0 Å². The second-order valence-corrected chi connectivity index (χ2v) is 6.20. The molecule has 1 aliphatic heterocycles. The second-order valence-electron chi connectivity index (χ2n) is 6.20. The zero-order valence-corrected chi connectivity index (χ0v) is 13.1. The van der Waals surface area contributed by atoms with Crippen molar-refractivity contribution in [2.24, 2.45) is 0 Å². The van der Waals surface area contributed by atoms with Crippen molar-refractivity contribution >= 4 is 17.7 Å². The van der Waals surface area contributed by atoms with Crippen LogP contribution in [0.5, 0.6) is 0 Å². The molecule has 24 heavy (non-hydrogen) atoms. The largest absolute Gasteiger partial charge is 0.442 e. The fourth-order valence-electron chi connectivity index (χ4n) is 3.04. The van der Waals surface area contributed by atoms with Crippen molar-refractivity contribution < 1.29 is 28.2 Å². The third kappa shape index (κ3) is 3.19. The summed E-state index contributed by atoms with van der Waals surface area (Å²) in [6, 6.07) is 2.20. The molecule has 1 saturated heterocycles. The summed E-state index contributed by atoms with van der Waals surface area (Å²) in [5, 5.41) is 11.8. The molecule has 3 rings (SSSR count). The van der Waals surface area contributed by atoms with E-state index in [0.717, 1.165) is 17.0 Å². The van der Waals surface area contributed by atoms with E-state index >= 15 is 0 Å². The number of hydrogen-bond acceptors (Lipinski definition) is 4. The van der Waals surface area contributed by atoms with Crippen LogP contribution in [-0.2, 0) is 9.53 Å². The van der Waals surface area contributed by atoms with Gasteiger partial charge in [0.1, 0.15) is 17.7 Å². The molecule has 8 heteroatoms. The molecule has 2 fully saturated rings. The minimum Gasteiger partial charge on any atom is -0.442 e. The smallest absolute Gasteiger partial charge is 0.414 e. The van der Waals surface area contributed by atoms with E-state index in [9.17, 15) is 23.5 Å². The van der Waals surface area contributed by atoms with E-state index in [-0.39, 0.29) is 36.2 Å². The van der Waals surface area contributed by atoms with Gasteiger partial charge in [-0.3, -0.25) is 9.69 Å². The van der Waals surface area contributed by atoms with E-state index in [2.05, 4.69) is 5.32 Å². The number of carbonyl (C=O) groups is 2. The van der Waals surface area contributed by atoms with Crippen LogP contribution in [0.4, 0.5) is 19.3 Å². The molecule has 2 N–H and O–H groups in total. The lowest BCUT2D eigenvalue weighted by atomic mass is 9.77. The molecule has 2 amide bonds. The fraction of sp³-hybridized carbons (Fsp3) is 0.500. The highest BCUT2D eigenvalue weighted by atomic mass is 19.1. The summed E-state index contributed by atoms with van der Waals surface area (Å²) in [6.45, 7) is 1.58. The first kappa shape index (κ1) is 16.6. The molecule has 6 nitrogen and oxygen atoms in total. The van der Waals surface area contributed by atoms with Crippen LogP contribution in [-0.4, -0.2) is 42.4 Å². The number of ether oxygens (including phenoxy) is 1. The van der Waals surface area contributed by atoms with Gasteiger partial charge in [0.05, 0.1) is 24.9 Å². The van der Waals surface area contributed by atoms with Crippen LogP contribution < -0.4 is 10.2 Å². The summed E-state index contributed by atoms with van der Waals surface area (Å²) in [5.41, 5.74) is 0.0235. The van der Waals surface area contributed by atoms with Crippen LogP contribution in [0.1, 0.15) is 31.2 Å². The maximum atomic E-state index is 14.3. The van der Waals surface area contributed by atoms with Crippen LogP contribution in [0.3, 0.4) is 0 Å². The number of anilines is 1. The Bertz CT molecular complexity index is 653. The van der Waals surface area contributed by atoms with Gasteiger partial charge in [-0.25, -0.2) is 13.6 Å². The summed E-state index contributed by atoms with van der Waals surface area (Å²) in [7, 11) is 0. The standard InChI is InChI=1S/C16H18F2N2O4/c1-8(21)19-6-12-7-20(16(23)24-12)10-4-13(17)15(14(18)5-10)9-2-11(22)3-9/h4-5,9,11-12,22H,2-3,6-7H2,1H3,(H,19,21)/t9?,11?,12-/m0/s1. The third-order valence-electron chi connectivity index (χ3n) is 4.35. The summed E-state index contributed by atoms with van der Waals surface area (Å²) in [6.07, 6.45) is -1.14. The molecule has 1 atom stereocenters. The van der Waals surface area contributed by atoms with E-state index in [0.29, 0.717) is 12.8 Å². The molecular weight excluding hydrogens is 322 g/mol. The van der Waals surface area contributed by atoms with Crippen molar-refractivity contribution in [1.29, 1.82) is 0 Å². The summed E-state index contributed by atoms with van der Waals surface area (Å²) < 4.78 is 33.6. The predicted molar refractivity (Wildman–Crippen MR) is 80.6 cm³/mol. The van der Waals surface area contributed by atoms with Gasteiger partial charge in [-0.2, -0.15) is 0 Å². The average molecular weight is 340 g/mol. The zero-order chi connectivity index (χ0) is 17.4. The summed E-state index contributed by atoms with van der Waals surface area (Å²) in [4.78, 5) is 23.9. The number of aliphatic hydroxyl groups is 1. The van der Waals surface area contributed by atoms with Crippen molar-refractivity contribution in [2.75, 3.05) is 18.0 Å². The third-order valence-corrected chi connectivity index (χ3v) is 4.35. The van der Waals surface area contributed by atoms with Gasteiger partial charge >= 0.3 is 6.09 Å². The lowest BCUT2D eigenvalue weighted by Crippen LogP contribution is -2.33. The van der Waals surface area contributed by atoms with E-state index in [1.54, 1.807) is 0 Å². The Morgan fingerprint density at radius 1 is 1.38 bits per heavy atom. The highest BCUT2D eigenvalue weighted by Crippen LogP contribution is 2.40. The van der Waals surface area contributed by atoms with E-state index in [1.165, 1.54) is 6.92 Å². The van der Waals surface area contributed by atoms with Crippen molar-refractivity contribution in [3.63, 3.8) is 0 Å². The molecule has 0 bridgehead atoms. The van der Waals surface area contributed by atoms with Gasteiger partial charge in [0, 0.05) is 12.5 Å². The molecule has 0 aromatic heterocycles. The Labute approximate surface area is 137 Å². The maximum Gasteiger partial charge on any atom is 0.414 e. The summed E-state index contributed by atoms with van der Waals surface area (Å²) in [5.74, 6) is -2.07. The van der Waals surface area contributed by atoms with Crippen molar-refractivity contribution in [1.82, 2.24) is 5.32 Å². The fourth-order valence-corrected chi connectivity index (χ4v) is 3.04. The Balaban J connectivity index is 1.75. The number of cyclic esters (lactones) is 1. The number of carbonyl (C=O) groups excluding carboxylic acids is 2. The number of aliphatic hydroxyl groups excluding tert-OH is 1. The first-order valence-electron chi connectivity index (χ1n) is 7.74. The monoisotopic (exact) mass is 340 g/mol. The molecule has 1 heterocycles. The lowest BCUT2D eigenvalue weighted by Gasteiger charge is -2.32. The van der Waals surface area contributed by atoms with Gasteiger partial charge in [0.25, 0.3) is 0 Å². The van der Waals surface area contributed by atoms with Gasteiger partial charge in [0.2, 0.25) is 5.91 Å². The maximum absolute atomic E-state index is 14.3. The molecule has 2 aliphatic rings. The molecule has 0 spiro atoms. The van der Waals surface area contributed by atoms with Crippen molar-refractivity contribution in [2.45, 2.75) is 37.9 Å². The quantitative estimate of drug-likeness (QED) is 0.874. The highest BCUT2D eigenvalue weighted by Gasteiger charge is 2.36. The topological polar surface area (TPSA) is 78.9 Å². The van der Waals surface area contributed by atoms with Gasteiger partial charge < -0.3 is 15.2 Å². The Morgan fingerprint density at radius 3 is 2.54 bits per heavy atom. The first-order chi connectivity index (χ1) is 11.3. The Hall–Kier alpha value is -2.22. The number of nitrogens with zero attached hydrogens (tertiary/aromatic N) is 1. The number of benzene rings is 1. The van der Waals surface area contributed by atoms with Gasteiger partial charge in [-0.15, -0.1) is 0 Å². The molecular formula is C16H18F2N2O4. The predicted octanol–water partition coefficient (Wildman–Crippen LogP) is 1.66. The first-order valence-corrected chi connectivity index (χ1v) is 7.74. The molecule has 0 unspecified atom stereocenters. The van der Waals surface area contributed by atoms with Crippen LogP contribution in [0.15, 0.2) is 12.1 Å². The average Bonchev–Trinajstić information content (AvgIpc) is 2.83. The van der Waals surface area contributed by atoms with E-state index < -0.39 is 29.9 Å². The van der Waals surface area contributed by atoms with Gasteiger partial charge in [0.15, 0.2) is 0 Å². The molecule has 1 aromatic rings. The molecule has 0 radical (unpaired) electrons. The van der Waals surface area contributed by atoms with E-state index in [4.69, 9.17) is 4.74 Å². The Morgan fingerprint density at radius 2 is 2.00 bits per heavy atom.